The van der Waals surface area contributed by atoms with Gasteiger partial charge in [-0.05, 0) is 27.7 Å². The highest BCUT2D eigenvalue weighted by molar-refractivity contribution is 5.85. The molecule has 6 nitrogen and oxygen atoms in total. The number of ether oxygens (including phenoxy) is 2. The lowest BCUT2D eigenvalue weighted by Gasteiger charge is -2.39. The van der Waals surface area contributed by atoms with Crippen LogP contribution in [-0.2, 0) is 14.3 Å². The van der Waals surface area contributed by atoms with E-state index in [0.717, 1.165) is 0 Å². The molecule has 1 aliphatic heterocycles. The van der Waals surface area contributed by atoms with E-state index in [1.54, 1.807) is 20.8 Å². The molecule has 1 aliphatic rings. The second-order valence-corrected chi connectivity index (χ2v) is 7.46. The zero-order chi connectivity index (χ0) is 15.9. The zero-order valence-electron chi connectivity index (χ0n) is 13.3. The Morgan fingerprint density at radius 2 is 1.75 bits per heavy atom. The Kier molecular flexibility index (Phi) is 4.11. The first-order valence-corrected chi connectivity index (χ1v) is 6.66. The van der Waals surface area contributed by atoms with Gasteiger partial charge in [-0.1, -0.05) is 20.8 Å². The van der Waals surface area contributed by atoms with E-state index in [1.165, 1.54) is 11.8 Å². The summed E-state index contributed by atoms with van der Waals surface area (Å²) < 4.78 is 10.9. The van der Waals surface area contributed by atoms with Crippen LogP contribution < -0.4 is 0 Å². The van der Waals surface area contributed by atoms with Crippen molar-refractivity contribution < 1.29 is 24.2 Å². The normalized spacial score (nSPS) is 27.6. The summed E-state index contributed by atoms with van der Waals surface area (Å²) in [6, 6.07) is 0. The van der Waals surface area contributed by atoms with Gasteiger partial charge >= 0.3 is 12.1 Å². The third kappa shape index (κ3) is 3.23. The summed E-state index contributed by atoms with van der Waals surface area (Å²) in [7, 11) is 0. The van der Waals surface area contributed by atoms with Gasteiger partial charge in [0.25, 0.3) is 0 Å². The molecule has 0 radical (unpaired) electrons. The minimum absolute atomic E-state index is 0.0521. The van der Waals surface area contributed by atoms with Crippen LogP contribution in [-0.4, -0.2) is 46.0 Å². The molecule has 0 aromatic carbocycles. The molecule has 0 aliphatic carbocycles. The third-order valence-corrected chi connectivity index (χ3v) is 3.08. The first kappa shape index (κ1) is 16.8. The summed E-state index contributed by atoms with van der Waals surface area (Å²) in [6.07, 6.45) is -1.31. The summed E-state index contributed by atoms with van der Waals surface area (Å²) >= 11 is 0. The molecule has 1 fully saturated rings. The molecular formula is C14H25NO5. The predicted octanol–water partition coefficient (Wildman–Crippen LogP) is 2.47. The van der Waals surface area contributed by atoms with Crippen molar-refractivity contribution in [3.05, 3.63) is 0 Å². The number of hydrogen-bond donors (Lipinski definition) is 1. The lowest BCUT2D eigenvalue weighted by Crippen LogP contribution is -2.58. The average molecular weight is 287 g/mol. The number of carbonyl (C=O) groups is 2. The van der Waals surface area contributed by atoms with Crippen molar-refractivity contribution in [2.75, 3.05) is 6.61 Å². The quantitative estimate of drug-likeness (QED) is 0.801. The fourth-order valence-electron chi connectivity index (χ4n) is 2.05. The van der Waals surface area contributed by atoms with Crippen molar-refractivity contribution in [3.63, 3.8) is 0 Å². The lowest BCUT2D eigenvalue weighted by atomic mass is 9.91. The molecule has 0 aromatic rings. The molecule has 6 heteroatoms. The number of carbonyl (C=O) groups excluding carboxylic acids is 1. The smallest absolute Gasteiger partial charge is 0.413 e. The van der Waals surface area contributed by atoms with Gasteiger partial charge in [0.15, 0.2) is 5.54 Å². The molecule has 20 heavy (non-hydrogen) atoms. The minimum Gasteiger partial charge on any atom is -0.479 e. The average Bonchev–Trinajstić information content (AvgIpc) is 2.54. The van der Waals surface area contributed by atoms with Crippen LogP contribution >= 0.6 is 0 Å². The number of carboxylic acids is 1. The van der Waals surface area contributed by atoms with Crippen LogP contribution in [0.4, 0.5) is 4.79 Å². The Morgan fingerprint density at radius 3 is 2.10 bits per heavy atom. The molecule has 0 unspecified atom stereocenters. The van der Waals surface area contributed by atoms with E-state index in [-0.39, 0.29) is 6.61 Å². The molecule has 116 valence electrons. The Hall–Kier alpha value is -1.30. The number of carboxylic acid groups (broad SMARTS) is 1. The van der Waals surface area contributed by atoms with Gasteiger partial charge in [0.2, 0.25) is 0 Å². The molecule has 0 saturated carbocycles. The molecule has 2 atom stereocenters. The van der Waals surface area contributed by atoms with Gasteiger partial charge in [-0.2, -0.15) is 0 Å². The van der Waals surface area contributed by atoms with Crippen molar-refractivity contribution in [3.8, 4) is 0 Å². The SMILES string of the molecule is CC(C)(C)OC(=O)N1[C@@H](C(C)(C)C)OC[C@@]1(C)C(=O)O. The van der Waals surface area contributed by atoms with Crippen molar-refractivity contribution in [2.45, 2.75) is 65.8 Å². The fraction of sp³-hybridized carbons (Fsp3) is 0.857. The van der Waals surface area contributed by atoms with Crippen molar-refractivity contribution in [1.29, 1.82) is 0 Å². The maximum atomic E-state index is 12.4. The van der Waals surface area contributed by atoms with E-state index in [4.69, 9.17) is 9.47 Å². The molecule has 0 bridgehead atoms. The van der Waals surface area contributed by atoms with Crippen LogP contribution in [0.15, 0.2) is 0 Å². The third-order valence-electron chi connectivity index (χ3n) is 3.08. The van der Waals surface area contributed by atoms with Gasteiger partial charge < -0.3 is 14.6 Å². The first-order chi connectivity index (χ1) is 8.79. The van der Waals surface area contributed by atoms with Crippen LogP contribution in [0.3, 0.4) is 0 Å². The molecule has 1 N–H and O–H groups in total. The van der Waals surface area contributed by atoms with Gasteiger partial charge in [-0.3, -0.25) is 4.90 Å². The molecule has 1 heterocycles. The second-order valence-electron chi connectivity index (χ2n) is 7.46. The molecule has 1 saturated heterocycles. The summed E-state index contributed by atoms with van der Waals surface area (Å²) in [5.74, 6) is -1.10. The Morgan fingerprint density at radius 1 is 1.25 bits per heavy atom. The number of rotatable bonds is 1. The predicted molar refractivity (Wildman–Crippen MR) is 73.3 cm³/mol. The zero-order valence-corrected chi connectivity index (χ0v) is 13.3. The van der Waals surface area contributed by atoms with Crippen LogP contribution in [0.2, 0.25) is 0 Å². The Labute approximate surface area is 120 Å². The molecule has 0 aromatic heterocycles. The van der Waals surface area contributed by atoms with Gasteiger partial charge in [-0.25, -0.2) is 9.59 Å². The molecule has 0 spiro atoms. The van der Waals surface area contributed by atoms with E-state index in [1.807, 2.05) is 20.8 Å². The summed E-state index contributed by atoms with van der Waals surface area (Å²) in [6.45, 7) is 12.3. The van der Waals surface area contributed by atoms with Crippen LogP contribution in [0.5, 0.6) is 0 Å². The Bertz CT molecular complexity index is 407. The van der Waals surface area contributed by atoms with Crippen molar-refractivity contribution in [2.24, 2.45) is 5.41 Å². The fourth-order valence-corrected chi connectivity index (χ4v) is 2.05. The monoisotopic (exact) mass is 287 g/mol. The maximum absolute atomic E-state index is 12.4. The highest BCUT2D eigenvalue weighted by Gasteiger charge is 2.56. The van der Waals surface area contributed by atoms with E-state index in [9.17, 15) is 14.7 Å². The Balaban J connectivity index is 3.16. The van der Waals surface area contributed by atoms with E-state index < -0.39 is 34.8 Å². The van der Waals surface area contributed by atoms with E-state index >= 15 is 0 Å². The van der Waals surface area contributed by atoms with Crippen LogP contribution in [0, 0.1) is 5.41 Å². The van der Waals surface area contributed by atoms with E-state index in [0.29, 0.717) is 0 Å². The van der Waals surface area contributed by atoms with Gasteiger partial charge in [0, 0.05) is 5.41 Å². The molecule has 1 amide bonds. The lowest BCUT2D eigenvalue weighted by molar-refractivity contribution is -0.149. The van der Waals surface area contributed by atoms with Crippen molar-refractivity contribution >= 4 is 12.1 Å². The molecular weight excluding hydrogens is 262 g/mol. The summed E-state index contributed by atoms with van der Waals surface area (Å²) in [5.41, 5.74) is -2.52. The first-order valence-electron chi connectivity index (χ1n) is 6.66. The minimum atomic E-state index is -1.42. The van der Waals surface area contributed by atoms with Crippen molar-refractivity contribution in [1.82, 2.24) is 4.90 Å². The largest absolute Gasteiger partial charge is 0.479 e. The summed E-state index contributed by atoms with van der Waals surface area (Å²) in [4.78, 5) is 25.2. The number of hydrogen-bond acceptors (Lipinski definition) is 4. The van der Waals surface area contributed by atoms with Crippen LogP contribution in [0.1, 0.15) is 48.5 Å². The highest BCUT2D eigenvalue weighted by Crippen LogP contribution is 2.38. The number of amides is 1. The second kappa shape index (κ2) is 4.91. The van der Waals surface area contributed by atoms with Crippen LogP contribution in [0.25, 0.3) is 0 Å². The topological polar surface area (TPSA) is 76.1 Å². The highest BCUT2D eigenvalue weighted by atomic mass is 16.6. The summed E-state index contributed by atoms with van der Waals surface area (Å²) in [5, 5.41) is 9.44. The maximum Gasteiger partial charge on any atom is 0.413 e. The number of aliphatic carboxylic acids is 1. The number of nitrogens with zero attached hydrogens (tertiary/aromatic N) is 1. The van der Waals surface area contributed by atoms with E-state index in [2.05, 4.69) is 0 Å². The standard InChI is InChI=1S/C14H25NO5/c1-12(2,3)9-15(11(18)20-13(4,5)6)14(7,8-19-9)10(16)17/h9H,8H2,1-7H3,(H,16,17)/t9-,14+/m1/s1. The van der Waals surface area contributed by atoms with Gasteiger partial charge in [0.05, 0.1) is 6.61 Å². The van der Waals surface area contributed by atoms with Gasteiger partial charge in [-0.15, -0.1) is 0 Å². The van der Waals surface area contributed by atoms with Gasteiger partial charge in [0.1, 0.15) is 11.8 Å². The molecule has 1 rings (SSSR count).